The van der Waals surface area contributed by atoms with Crippen LogP contribution in [-0.4, -0.2) is 24.7 Å². The molecule has 120 valence electrons. The molecule has 8 heteroatoms. The highest BCUT2D eigenvalue weighted by molar-refractivity contribution is 7.15. The van der Waals surface area contributed by atoms with Crippen LogP contribution in [0, 0.1) is 0 Å². The van der Waals surface area contributed by atoms with Gasteiger partial charge in [-0.25, -0.2) is 9.97 Å². The van der Waals surface area contributed by atoms with Gasteiger partial charge in [0.15, 0.2) is 5.65 Å². The number of rotatable bonds is 4. The van der Waals surface area contributed by atoms with Gasteiger partial charge < -0.3 is 9.88 Å². The van der Waals surface area contributed by atoms with Crippen molar-refractivity contribution in [3.8, 4) is 0 Å². The molecule has 0 saturated carbocycles. The van der Waals surface area contributed by atoms with E-state index in [9.17, 15) is 0 Å². The van der Waals surface area contributed by atoms with Gasteiger partial charge in [-0.2, -0.15) is 0 Å². The van der Waals surface area contributed by atoms with Crippen LogP contribution in [0.15, 0.2) is 42.6 Å². The van der Waals surface area contributed by atoms with E-state index >= 15 is 0 Å². The van der Waals surface area contributed by atoms with Crippen LogP contribution in [0.3, 0.4) is 0 Å². The van der Waals surface area contributed by atoms with Crippen LogP contribution >= 0.6 is 22.9 Å². The summed E-state index contributed by atoms with van der Waals surface area (Å²) in [7, 11) is 1.96. The van der Waals surface area contributed by atoms with Gasteiger partial charge in [-0.05, 0) is 36.4 Å². The fourth-order valence-corrected chi connectivity index (χ4v) is 3.28. The third-order valence-electron chi connectivity index (χ3n) is 3.59. The standard InChI is InChI=1S/C16H13ClN6S/c1-23-13(20-12-3-2-8-18-15(12)23)9-14-21-22-16(24-14)19-11-6-4-10(17)5-7-11/h2-8H,9H2,1H3,(H,19,22). The monoisotopic (exact) mass is 356 g/mol. The number of aryl methyl sites for hydroxylation is 1. The lowest BCUT2D eigenvalue weighted by Crippen LogP contribution is -1.99. The first-order valence-corrected chi connectivity index (χ1v) is 8.50. The van der Waals surface area contributed by atoms with Gasteiger partial charge in [0, 0.05) is 24.0 Å². The molecule has 0 saturated heterocycles. The van der Waals surface area contributed by atoms with Crippen molar-refractivity contribution in [1.29, 1.82) is 0 Å². The second-order valence-electron chi connectivity index (χ2n) is 5.24. The molecule has 4 aromatic rings. The normalized spacial score (nSPS) is 11.1. The minimum Gasteiger partial charge on any atom is -0.330 e. The Kier molecular flexibility index (Phi) is 3.87. The molecule has 1 aromatic carbocycles. The lowest BCUT2D eigenvalue weighted by molar-refractivity contribution is 0.825. The first kappa shape index (κ1) is 15.0. The van der Waals surface area contributed by atoms with Crippen molar-refractivity contribution < 1.29 is 0 Å². The average Bonchev–Trinajstić information content (AvgIpc) is 3.15. The van der Waals surface area contributed by atoms with E-state index < -0.39 is 0 Å². The van der Waals surface area contributed by atoms with Gasteiger partial charge in [0.1, 0.15) is 16.3 Å². The van der Waals surface area contributed by atoms with E-state index in [1.54, 1.807) is 6.20 Å². The Morgan fingerprint density at radius 3 is 2.79 bits per heavy atom. The molecule has 3 aromatic heterocycles. The van der Waals surface area contributed by atoms with Gasteiger partial charge in [-0.1, -0.05) is 22.9 Å². The van der Waals surface area contributed by atoms with Crippen molar-refractivity contribution in [2.45, 2.75) is 6.42 Å². The predicted molar refractivity (Wildman–Crippen MR) is 96.0 cm³/mol. The summed E-state index contributed by atoms with van der Waals surface area (Å²) >= 11 is 7.40. The van der Waals surface area contributed by atoms with E-state index in [-0.39, 0.29) is 0 Å². The van der Waals surface area contributed by atoms with Crippen LogP contribution in [0.4, 0.5) is 10.8 Å². The summed E-state index contributed by atoms with van der Waals surface area (Å²) < 4.78 is 1.99. The van der Waals surface area contributed by atoms with Gasteiger partial charge >= 0.3 is 0 Å². The molecule has 0 bridgehead atoms. The summed E-state index contributed by atoms with van der Waals surface area (Å²) in [5.74, 6) is 0.915. The first-order valence-electron chi connectivity index (χ1n) is 7.30. The van der Waals surface area contributed by atoms with Gasteiger partial charge in [0.25, 0.3) is 0 Å². The number of imidazole rings is 1. The van der Waals surface area contributed by atoms with Crippen LogP contribution in [0.5, 0.6) is 0 Å². The lowest BCUT2D eigenvalue weighted by atomic mass is 10.3. The highest BCUT2D eigenvalue weighted by Crippen LogP contribution is 2.24. The highest BCUT2D eigenvalue weighted by Gasteiger charge is 2.12. The van der Waals surface area contributed by atoms with Crippen molar-refractivity contribution in [3.05, 3.63) is 58.4 Å². The fourth-order valence-electron chi connectivity index (χ4n) is 2.40. The zero-order valence-electron chi connectivity index (χ0n) is 12.8. The second kappa shape index (κ2) is 6.18. The average molecular weight is 357 g/mol. The van der Waals surface area contributed by atoms with E-state index in [0.29, 0.717) is 11.4 Å². The number of pyridine rings is 1. The maximum absolute atomic E-state index is 5.89. The summed E-state index contributed by atoms with van der Waals surface area (Å²) in [6.07, 6.45) is 2.39. The number of nitrogens with zero attached hydrogens (tertiary/aromatic N) is 5. The van der Waals surface area contributed by atoms with Crippen molar-refractivity contribution in [3.63, 3.8) is 0 Å². The third kappa shape index (κ3) is 2.95. The highest BCUT2D eigenvalue weighted by atomic mass is 35.5. The molecule has 0 aliphatic heterocycles. The molecule has 0 unspecified atom stereocenters. The Balaban J connectivity index is 1.54. The molecular formula is C16H13ClN6S. The smallest absolute Gasteiger partial charge is 0.210 e. The van der Waals surface area contributed by atoms with Gasteiger partial charge in [-0.3, -0.25) is 0 Å². The molecule has 0 aliphatic rings. The summed E-state index contributed by atoms with van der Waals surface area (Å²) in [6.45, 7) is 0. The van der Waals surface area contributed by atoms with Gasteiger partial charge in [0.05, 0.1) is 6.42 Å². The lowest BCUT2D eigenvalue weighted by Gasteiger charge is -2.01. The van der Waals surface area contributed by atoms with E-state index in [4.69, 9.17) is 11.6 Å². The van der Waals surface area contributed by atoms with Crippen LogP contribution in [0.2, 0.25) is 5.02 Å². The third-order valence-corrected chi connectivity index (χ3v) is 4.68. The zero-order valence-corrected chi connectivity index (χ0v) is 14.3. The van der Waals surface area contributed by atoms with E-state index in [1.165, 1.54) is 11.3 Å². The van der Waals surface area contributed by atoms with E-state index in [1.807, 2.05) is 48.0 Å². The van der Waals surface area contributed by atoms with Crippen LogP contribution in [0.25, 0.3) is 11.2 Å². The Bertz CT molecular complexity index is 991. The summed E-state index contributed by atoms with van der Waals surface area (Å²) in [5.41, 5.74) is 2.68. The van der Waals surface area contributed by atoms with Crippen LogP contribution in [-0.2, 0) is 13.5 Å². The molecule has 0 spiro atoms. The Morgan fingerprint density at radius 2 is 2.00 bits per heavy atom. The van der Waals surface area contributed by atoms with Crippen molar-refractivity contribution in [2.24, 2.45) is 7.05 Å². The molecular weight excluding hydrogens is 344 g/mol. The molecule has 6 nitrogen and oxygen atoms in total. The number of nitrogens with one attached hydrogen (secondary N) is 1. The first-order chi connectivity index (χ1) is 11.7. The molecule has 24 heavy (non-hydrogen) atoms. The largest absolute Gasteiger partial charge is 0.330 e. The SMILES string of the molecule is Cn1c(Cc2nnc(Nc3ccc(Cl)cc3)s2)nc2cccnc21. The Morgan fingerprint density at radius 1 is 1.17 bits per heavy atom. The molecule has 0 aliphatic carbocycles. The quantitative estimate of drug-likeness (QED) is 0.602. The van der Waals surface area contributed by atoms with Crippen LogP contribution in [0.1, 0.15) is 10.8 Å². The number of aromatic nitrogens is 5. The van der Waals surface area contributed by atoms with Crippen molar-refractivity contribution in [1.82, 2.24) is 24.7 Å². The summed E-state index contributed by atoms with van der Waals surface area (Å²) in [6, 6.07) is 11.3. The van der Waals surface area contributed by atoms with E-state index in [0.717, 1.165) is 32.8 Å². The van der Waals surface area contributed by atoms with Gasteiger partial charge in [-0.15, -0.1) is 10.2 Å². The fraction of sp³-hybridized carbons (Fsp3) is 0.125. The van der Waals surface area contributed by atoms with Crippen LogP contribution < -0.4 is 5.32 Å². The molecule has 1 N–H and O–H groups in total. The summed E-state index contributed by atoms with van der Waals surface area (Å²) in [5, 5.41) is 14.0. The topological polar surface area (TPSA) is 68.5 Å². The minimum absolute atomic E-state index is 0.618. The number of fused-ring (bicyclic) bond motifs is 1. The van der Waals surface area contributed by atoms with E-state index in [2.05, 4.69) is 25.5 Å². The molecule has 0 fully saturated rings. The second-order valence-corrected chi connectivity index (χ2v) is 6.74. The number of benzene rings is 1. The zero-order chi connectivity index (χ0) is 16.5. The number of halogens is 1. The molecule has 0 amide bonds. The Labute approximate surface area is 147 Å². The Hall–Kier alpha value is -2.51. The predicted octanol–water partition coefficient (Wildman–Crippen LogP) is 3.81. The summed E-state index contributed by atoms with van der Waals surface area (Å²) in [4.78, 5) is 8.97. The molecule has 3 heterocycles. The van der Waals surface area contributed by atoms with Crippen molar-refractivity contribution >= 4 is 44.9 Å². The number of anilines is 2. The molecule has 0 radical (unpaired) electrons. The maximum Gasteiger partial charge on any atom is 0.210 e. The minimum atomic E-state index is 0.618. The molecule has 4 rings (SSSR count). The number of hydrogen-bond acceptors (Lipinski definition) is 6. The van der Waals surface area contributed by atoms with Crippen molar-refractivity contribution in [2.75, 3.05) is 5.32 Å². The number of hydrogen-bond donors (Lipinski definition) is 1. The van der Waals surface area contributed by atoms with Gasteiger partial charge in [0.2, 0.25) is 5.13 Å². The maximum atomic E-state index is 5.89. The molecule has 0 atom stereocenters.